The molecule has 0 radical (unpaired) electrons. The maximum absolute atomic E-state index is 11.1. The summed E-state index contributed by atoms with van der Waals surface area (Å²) in [5.41, 5.74) is 0.647. The lowest BCUT2D eigenvalue weighted by Gasteiger charge is -2.11. The van der Waals surface area contributed by atoms with E-state index < -0.39 is 12.1 Å². The molecule has 0 bridgehead atoms. The molecule has 0 saturated heterocycles. The van der Waals surface area contributed by atoms with Gasteiger partial charge in [-0.2, -0.15) is 0 Å². The summed E-state index contributed by atoms with van der Waals surface area (Å²) >= 11 is 4.20. The van der Waals surface area contributed by atoms with E-state index in [1.54, 1.807) is 25.1 Å². The van der Waals surface area contributed by atoms with E-state index >= 15 is 0 Å². The molecule has 0 amide bonds. The number of carbonyl (C=O) groups is 1. The highest BCUT2D eigenvalue weighted by atomic mass is 32.1. The van der Waals surface area contributed by atoms with E-state index in [1.165, 1.54) is 0 Å². The van der Waals surface area contributed by atoms with Crippen LogP contribution in [0.3, 0.4) is 0 Å². The number of hydrogen-bond donors (Lipinski definition) is 2. The molecule has 1 rings (SSSR count). The summed E-state index contributed by atoms with van der Waals surface area (Å²) < 4.78 is 4.75. The van der Waals surface area contributed by atoms with Crippen LogP contribution >= 0.6 is 12.6 Å². The molecule has 0 aliphatic carbocycles. The first-order chi connectivity index (χ1) is 7.15. The monoisotopic (exact) mass is 226 g/mol. The van der Waals surface area contributed by atoms with E-state index in [0.717, 1.165) is 0 Å². The van der Waals surface area contributed by atoms with Crippen molar-refractivity contribution in [1.29, 1.82) is 0 Å². The highest BCUT2D eigenvalue weighted by molar-refractivity contribution is 7.80. The Labute approximate surface area is 94.5 Å². The van der Waals surface area contributed by atoms with Gasteiger partial charge >= 0.3 is 5.97 Å². The minimum absolute atomic E-state index is 0.0363. The van der Waals surface area contributed by atoms with Gasteiger partial charge in [0.05, 0.1) is 19.1 Å². The van der Waals surface area contributed by atoms with Gasteiger partial charge in [-0.25, -0.2) is 0 Å². The van der Waals surface area contributed by atoms with E-state index in [0.29, 0.717) is 17.1 Å². The Morgan fingerprint density at radius 2 is 2.20 bits per heavy atom. The van der Waals surface area contributed by atoms with Crippen LogP contribution in [0.1, 0.15) is 25.0 Å². The summed E-state index contributed by atoms with van der Waals surface area (Å²) in [6, 6.07) is 7.13. The average Bonchev–Trinajstić information content (AvgIpc) is 2.18. The van der Waals surface area contributed by atoms with Gasteiger partial charge in [0.2, 0.25) is 0 Å². The molecule has 1 atom stereocenters. The van der Waals surface area contributed by atoms with Crippen LogP contribution in [0.4, 0.5) is 0 Å². The first kappa shape index (κ1) is 12.1. The van der Waals surface area contributed by atoms with Gasteiger partial charge in [-0.1, -0.05) is 18.2 Å². The normalized spacial score (nSPS) is 12.2. The lowest BCUT2D eigenvalue weighted by molar-refractivity contribution is -0.145. The number of hydrogen-bond acceptors (Lipinski definition) is 4. The van der Waals surface area contributed by atoms with Crippen molar-refractivity contribution in [2.75, 3.05) is 6.61 Å². The summed E-state index contributed by atoms with van der Waals surface area (Å²) in [5.74, 6) is -0.401. The van der Waals surface area contributed by atoms with Crippen LogP contribution in [0.15, 0.2) is 29.2 Å². The van der Waals surface area contributed by atoms with Gasteiger partial charge in [-0.3, -0.25) is 4.79 Å². The summed E-state index contributed by atoms with van der Waals surface area (Å²) in [6.45, 7) is 2.06. The number of thiol groups is 1. The summed E-state index contributed by atoms with van der Waals surface area (Å²) in [5, 5.41) is 9.75. The van der Waals surface area contributed by atoms with E-state index in [9.17, 15) is 9.90 Å². The Morgan fingerprint density at radius 3 is 2.80 bits per heavy atom. The summed E-state index contributed by atoms with van der Waals surface area (Å²) in [7, 11) is 0. The smallest absolute Gasteiger partial charge is 0.308 e. The predicted octanol–water partition coefficient (Wildman–Crippen LogP) is 1.96. The fraction of sp³-hybridized carbons (Fsp3) is 0.364. The largest absolute Gasteiger partial charge is 0.466 e. The first-order valence-electron chi connectivity index (χ1n) is 4.76. The molecule has 0 saturated carbocycles. The summed E-state index contributed by atoms with van der Waals surface area (Å²) in [6.07, 6.45) is -0.886. The molecule has 15 heavy (non-hydrogen) atoms. The number of esters is 1. The Kier molecular flexibility index (Phi) is 4.65. The highest BCUT2D eigenvalue weighted by Gasteiger charge is 2.15. The van der Waals surface area contributed by atoms with Crippen molar-refractivity contribution in [1.82, 2.24) is 0 Å². The van der Waals surface area contributed by atoms with Gasteiger partial charge in [-0.15, -0.1) is 12.6 Å². The van der Waals surface area contributed by atoms with Crippen molar-refractivity contribution in [3.63, 3.8) is 0 Å². The second kappa shape index (κ2) is 5.78. The van der Waals surface area contributed by atoms with Crippen molar-refractivity contribution in [3.8, 4) is 0 Å². The lowest BCUT2D eigenvalue weighted by Crippen LogP contribution is -2.10. The van der Waals surface area contributed by atoms with Gasteiger partial charge in [-0.05, 0) is 18.6 Å². The Morgan fingerprint density at radius 1 is 1.53 bits per heavy atom. The molecule has 0 heterocycles. The zero-order valence-electron chi connectivity index (χ0n) is 8.51. The maximum Gasteiger partial charge on any atom is 0.308 e. The highest BCUT2D eigenvalue weighted by Crippen LogP contribution is 2.23. The lowest BCUT2D eigenvalue weighted by atomic mass is 10.1. The average molecular weight is 226 g/mol. The molecule has 0 fully saturated rings. The third-order valence-electron chi connectivity index (χ3n) is 1.96. The molecular formula is C11H14O3S. The molecule has 4 heteroatoms. The van der Waals surface area contributed by atoms with Crippen LogP contribution in [0.25, 0.3) is 0 Å². The van der Waals surface area contributed by atoms with E-state index in [2.05, 4.69) is 12.6 Å². The van der Waals surface area contributed by atoms with Crippen LogP contribution in [0.2, 0.25) is 0 Å². The molecule has 1 N–H and O–H groups in total. The van der Waals surface area contributed by atoms with Gasteiger partial charge in [0.25, 0.3) is 0 Å². The number of benzene rings is 1. The van der Waals surface area contributed by atoms with Crippen LogP contribution < -0.4 is 0 Å². The van der Waals surface area contributed by atoms with Gasteiger partial charge in [0.15, 0.2) is 0 Å². The van der Waals surface area contributed by atoms with E-state index in [-0.39, 0.29) is 6.42 Å². The number of ether oxygens (including phenoxy) is 1. The minimum Gasteiger partial charge on any atom is -0.466 e. The molecule has 82 valence electrons. The molecule has 0 aliphatic heterocycles. The Hall–Kier alpha value is -1.00. The summed E-state index contributed by atoms with van der Waals surface area (Å²) in [4.78, 5) is 11.8. The topological polar surface area (TPSA) is 46.5 Å². The van der Waals surface area contributed by atoms with Crippen molar-refractivity contribution in [2.24, 2.45) is 0 Å². The van der Waals surface area contributed by atoms with E-state index in [4.69, 9.17) is 4.74 Å². The Bertz CT molecular complexity index is 338. The molecule has 0 aliphatic rings. The zero-order valence-corrected chi connectivity index (χ0v) is 9.41. The van der Waals surface area contributed by atoms with Crippen molar-refractivity contribution in [2.45, 2.75) is 24.3 Å². The fourth-order valence-electron chi connectivity index (χ4n) is 1.26. The van der Waals surface area contributed by atoms with Crippen LogP contribution in [-0.2, 0) is 9.53 Å². The SMILES string of the molecule is CCOC(=O)CC(O)c1ccccc1S. The number of aliphatic hydroxyl groups excluding tert-OH is 1. The third kappa shape index (κ3) is 3.57. The van der Waals surface area contributed by atoms with Crippen molar-refractivity contribution in [3.05, 3.63) is 29.8 Å². The molecular weight excluding hydrogens is 212 g/mol. The quantitative estimate of drug-likeness (QED) is 0.609. The van der Waals surface area contributed by atoms with Gasteiger partial charge in [0, 0.05) is 4.90 Å². The third-order valence-corrected chi connectivity index (χ3v) is 2.37. The first-order valence-corrected chi connectivity index (χ1v) is 5.21. The molecule has 0 aromatic heterocycles. The zero-order chi connectivity index (χ0) is 11.3. The number of rotatable bonds is 4. The van der Waals surface area contributed by atoms with Gasteiger partial charge in [0.1, 0.15) is 0 Å². The molecule has 3 nitrogen and oxygen atoms in total. The molecule has 1 aromatic rings. The minimum atomic E-state index is -0.849. The predicted molar refractivity (Wildman–Crippen MR) is 59.9 cm³/mol. The number of aliphatic hydroxyl groups is 1. The van der Waals surface area contributed by atoms with Crippen LogP contribution in [0.5, 0.6) is 0 Å². The van der Waals surface area contributed by atoms with Crippen LogP contribution in [-0.4, -0.2) is 17.7 Å². The number of carbonyl (C=O) groups excluding carboxylic acids is 1. The van der Waals surface area contributed by atoms with Crippen molar-refractivity contribution >= 4 is 18.6 Å². The standard InChI is InChI=1S/C11H14O3S/c1-2-14-11(13)7-9(12)8-5-3-4-6-10(8)15/h3-6,9,12,15H,2,7H2,1H3. The van der Waals surface area contributed by atoms with Gasteiger partial charge < -0.3 is 9.84 Å². The fourth-order valence-corrected chi connectivity index (χ4v) is 1.57. The Balaban J connectivity index is 2.65. The second-order valence-electron chi connectivity index (χ2n) is 3.08. The second-order valence-corrected chi connectivity index (χ2v) is 3.57. The molecule has 1 unspecified atom stereocenters. The molecule has 0 spiro atoms. The van der Waals surface area contributed by atoms with Crippen molar-refractivity contribution < 1.29 is 14.6 Å². The van der Waals surface area contributed by atoms with Crippen LogP contribution in [0, 0.1) is 0 Å². The maximum atomic E-state index is 11.1. The molecule has 1 aromatic carbocycles. The van der Waals surface area contributed by atoms with E-state index in [1.807, 2.05) is 6.07 Å².